The summed E-state index contributed by atoms with van der Waals surface area (Å²) in [4.78, 5) is 174. The molecule has 29 heteroatoms. The number of morpholine rings is 1. The molecule has 2 saturated heterocycles. The fourth-order valence-electron chi connectivity index (χ4n) is 12.6. The summed E-state index contributed by atoms with van der Waals surface area (Å²) in [6.07, 6.45) is 1.85. The van der Waals surface area contributed by atoms with Crippen LogP contribution in [0.2, 0.25) is 0 Å². The number of likely N-dealkylation sites (N-methyl/N-ethyl adjacent to an activating group) is 7. The fraction of sp³-hybridized carbons (Fsp3) is 0.814. The number of allylic oxidation sites excluding steroid dienone is 2. The second kappa shape index (κ2) is 39.8. The van der Waals surface area contributed by atoms with Crippen LogP contribution in [-0.2, 0) is 67.3 Å². The maximum Gasteiger partial charge on any atom is 0.246 e. The van der Waals surface area contributed by atoms with Crippen LogP contribution in [0.4, 0.5) is 0 Å². The maximum atomic E-state index is 15.5. The Morgan fingerprint density at radius 3 is 1.46 bits per heavy atom. The van der Waals surface area contributed by atoms with Crippen LogP contribution < -0.4 is 21.3 Å². The standard InChI is InChI=1S/C70H126N12O16S/c1-25-27-29-46(13)58(83)57-62(87)73-49(26-2)64(89)79(22)54(40-99(96,97)35-28-30-82-31-33-98-34-32-82)67(92)78(21)53(39-70(16,17)95)61(86)74-55(44(9)10)68(93)75(18)50(36-41(3)4)60(85)71-47(14)59(84)72-48(15)63(88)76(19)51(37-42(5)6)65(90)77(20)52(38-43(7)8)66(91)80(23)56(45(11)12)69(94)81(57)24/h25,27,41-58,83,95H,26,28-40H2,1-24H3,(H,71,85)(H,72,84)(H,73,87)(H,74,86)/b27-25+/t46-,47+,48-,49+,50+,51+,52+,53+,54-,55+,56+,57+,58-/m1/s1. The number of amides is 11. The van der Waals surface area contributed by atoms with Gasteiger partial charge in [-0.05, 0) is 115 Å². The largest absolute Gasteiger partial charge is 0.390 e. The van der Waals surface area contributed by atoms with Crippen molar-refractivity contribution in [3.8, 4) is 0 Å². The minimum absolute atomic E-state index is 0.0669. The predicted molar refractivity (Wildman–Crippen MR) is 379 cm³/mol. The van der Waals surface area contributed by atoms with Gasteiger partial charge in [-0.2, -0.15) is 0 Å². The number of aliphatic hydroxyl groups excluding tert-OH is 1. The molecule has 2 rings (SSSR count). The van der Waals surface area contributed by atoms with E-state index in [1.54, 1.807) is 60.6 Å². The summed E-state index contributed by atoms with van der Waals surface area (Å²) in [6.45, 7) is 30.6. The van der Waals surface area contributed by atoms with Gasteiger partial charge in [-0.25, -0.2) is 8.42 Å². The molecule has 568 valence electrons. The minimum Gasteiger partial charge on any atom is -0.390 e. The van der Waals surface area contributed by atoms with Gasteiger partial charge in [0.1, 0.15) is 66.5 Å². The third kappa shape index (κ3) is 25.9. The zero-order valence-corrected chi connectivity index (χ0v) is 64.9. The number of aliphatic hydroxyl groups is 2. The molecule has 2 fully saturated rings. The Morgan fingerprint density at radius 1 is 0.535 bits per heavy atom. The molecule has 0 radical (unpaired) electrons. The minimum atomic E-state index is -4.28. The molecule has 2 heterocycles. The monoisotopic (exact) mass is 1420 g/mol. The first-order valence-electron chi connectivity index (χ1n) is 35.3. The third-order valence-corrected chi connectivity index (χ3v) is 20.6. The van der Waals surface area contributed by atoms with Gasteiger partial charge in [0.15, 0.2) is 9.84 Å². The molecular weight excluding hydrogens is 1300 g/mol. The molecule has 0 saturated carbocycles. The lowest BCUT2D eigenvalue weighted by Gasteiger charge is -2.41. The van der Waals surface area contributed by atoms with Gasteiger partial charge in [-0.15, -0.1) is 0 Å². The van der Waals surface area contributed by atoms with Crippen molar-refractivity contribution in [3.63, 3.8) is 0 Å². The Kier molecular flexibility index (Phi) is 35.7. The Bertz CT molecular complexity index is 2880. The van der Waals surface area contributed by atoms with Crippen LogP contribution in [0.3, 0.4) is 0 Å². The molecule has 0 unspecified atom stereocenters. The van der Waals surface area contributed by atoms with E-state index in [0.717, 1.165) is 19.6 Å². The molecule has 0 aromatic carbocycles. The Hall–Kier alpha value is -6.30. The summed E-state index contributed by atoms with van der Waals surface area (Å²) in [5.41, 5.74) is -1.72. The number of rotatable bonds is 21. The predicted octanol–water partition coefficient (Wildman–Crippen LogP) is 1.89. The van der Waals surface area contributed by atoms with Crippen LogP contribution in [0, 0.1) is 35.5 Å². The number of carbonyl (C=O) groups excluding carboxylic acids is 11. The zero-order valence-electron chi connectivity index (χ0n) is 64.0. The number of nitrogens with one attached hydrogen (secondary N) is 4. The lowest BCUT2D eigenvalue weighted by molar-refractivity contribution is -0.157. The molecule has 99 heavy (non-hydrogen) atoms. The second-order valence-electron chi connectivity index (χ2n) is 30.1. The van der Waals surface area contributed by atoms with E-state index < -0.39 is 189 Å². The van der Waals surface area contributed by atoms with Gasteiger partial charge in [0.05, 0.1) is 36.4 Å². The molecule has 2 aliphatic heterocycles. The average molecular weight is 1420 g/mol. The highest BCUT2D eigenvalue weighted by Crippen LogP contribution is 2.27. The molecule has 0 aliphatic carbocycles. The highest BCUT2D eigenvalue weighted by Gasteiger charge is 2.47. The van der Waals surface area contributed by atoms with E-state index in [9.17, 15) is 37.8 Å². The highest BCUT2D eigenvalue weighted by molar-refractivity contribution is 7.91. The van der Waals surface area contributed by atoms with Gasteiger partial charge >= 0.3 is 0 Å². The van der Waals surface area contributed by atoms with E-state index >= 15 is 33.6 Å². The fourth-order valence-corrected chi connectivity index (χ4v) is 14.2. The van der Waals surface area contributed by atoms with Crippen LogP contribution in [0.1, 0.15) is 163 Å². The van der Waals surface area contributed by atoms with Gasteiger partial charge in [0.2, 0.25) is 65.0 Å². The van der Waals surface area contributed by atoms with E-state index in [-0.39, 0.29) is 56.3 Å². The Morgan fingerprint density at radius 2 is 0.980 bits per heavy atom. The summed E-state index contributed by atoms with van der Waals surface area (Å²) in [6, 6.07) is -15.9. The van der Waals surface area contributed by atoms with Crippen LogP contribution in [0.25, 0.3) is 0 Å². The average Bonchev–Trinajstić information content (AvgIpc) is 0.806. The summed E-state index contributed by atoms with van der Waals surface area (Å²) < 4.78 is 34.4. The summed E-state index contributed by atoms with van der Waals surface area (Å²) in [5.74, 6) is -13.2. The number of hydrogen-bond donors (Lipinski definition) is 6. The van der Waals surface area contributed by atoms with Crippen molar-refractivity contribution >= 4 is 74.8 Å². The van der Waals surface area contributed by atoms with Crippen molar-refractivity contribution in [1.82, 2.24) is 60.5 Å². The van der Waals surface area contributed by atoms with Crippen LogP contribution in [0.15, 0.2) is 12.2 Å². The molecule has 13 atom stereocenters. The van der Waals surface area contributed by atoms with Crippen LogP contribution >= 0.6 is 0 Å². The highest BCUT2D eigenvalue weighted by atomic mass is 32.2. The first kappa shape index (κ1) is 88.8. The number of nitrogens with zero attached hydrogens (tertiary/aromatic N) is 8. The van der Waals surface area contributed by atoms with Gasteiger partial charge in [0, 0.05) is 68.8 Å². The lowest BCUT2D eigenvalue weighted by Crippen LogP contribution is -2.64. The van der Waals surface area contributed by atoms with Crippen molar-refractivity contribution in [2.45, 2.75) is 241 Å². The van der Waals surface area contributed by atoms with E-state index in [2.05, 4.69) is 21.3 Å². The lowest BCUT2D eigenvalue weighted by atomic mass is 9.91. The Balaban J connectivity index is 3.18. The normalized spacial score (nSPS) is 27.0. The van der Waals surface area contributed by atoms with E-state index in [1.807, 2.05) is 46.4 Å². The van der Waals surface area contributed by atoms with Gasteiger partial charge < -0.3 is 70.5 Å². The molecular formula is C70H126N12O16S. The maximum absolute atomic E-state index is 15.5. The number of sulfone groups is 1. The molecule has 0 aromatic heterocycles. The molecule has 0 bridgehead atoms. The van der Waals surface area contributed by atoms with Crippen molar-refractivity contribution < 1.29 is 76.1 Å². The molecule has 0 spiro atoms. The number of carbonyl (C=O) groups is 11. The molecule has 2 aliphatic rings. The van der Waals surface area contributed by atoms with Crippen molar-refractivity contribution in [2.24, 2.45) is 35.5 Å². The first-order valence-corrected chi connectivity index (χ1v) is 37.1. The smallest absolute Gasteiger partial charge is 0.246 e. The van der Waals surface area contributed by atoms with Crippen molar-refractivity contribution in [3.05, 3.63) is 12.2 Å². The van der Waals surface area contributed by atoms with E-state index in [1.165, 1.54) is 91.7 Å². The molecule has 0 aromatic rings. The van der Waals surface area contributed by atoms with Gasteiger partial charge in [-0.3, -0.25) is 57.6 Å². The first-order chi connectivity index (χ1) is 45.7. The summed E-state index contributed by atoms with van der Waals surface area (Å²) in [7, 11) is 5.00. The van der Waals surface area contributed by atoms with Crippen LogP contribution in [-0.4, -0.2) is 295 Å². The molecule has 28 nitrogen and oxygen atoms in total. The van der Waals surface area contributed by atoms with Gasteiger partial charge in [0.25, 0.3) is 0 Å². The van der Waals surface area contributed by atoms with Crippen LogP contribution in [0.5, 0.6) is 0 Å². The second-order valence-corrected chi connectivity index (χ2v) is 32.3. The topological polar surface area (TPSA) is 346 Å². The Labute approximate surface area is 591 Å². The summed E-state index contributed by atoms with van der Waals surface area (Å²) in [5, 5.41) is 34.6. The van der Waals surface area contributed by atoms with E-state index in [0.29, 0.717) is 32.8 Å². The zero-order chi connectivity index (χ0) is 76.2. The van der Waals surface area contributed by atoms with Crippen molar-refractivity contribution in [1.29, 1.82) is 0 Å². The third-order valence-electron chi connectivity index (χ3n) is 18.8. The number of ether oxygens (including phenoxy) is 1. The number of hydrogen-bond acceptors (Lipinski definition) is 17. The van der Waals surface area contributed by atoms with Crippen molar-refractivity contribution in [2.75, 3.05) is 93.7 Å². The summed E-state index contributed by atoms with van der Waals surface area (Å²) >= 11 is 0. The molecule has 6 N–H and O–H groups in total. The SMILES string of the molecule is C/C=C/C[C@@H](C)[C@@H](O)[C@H]1C(=O)N[C@@H](CC)C(=O)N(C)[C@H](CS(=O)(=O)CCCN2CCOCC2)C(=O)N(C)[C@@H](CC(C)(C)O)C(=O)N[C@@H](C(C)C)C(=O)N(C)[C@@H](CC(C)C)C(=O)N[C@@H](C)C(=O)N[C@H](C)C(=O)N(C)[C@@H](CC(C)C)C(=O)N(C)[C@@H](CC(C)C)C(=O)N(C)[C@@H](C(C)C)C(=O)N1C. The molecule has 11 amide bonds. The van der Waals surface area contributed by atoms with E-state index in [4.69, 9.17) is 4.74 Å². The van der Waals surface area contributed by atoms with Gasteiger partial charge in [-0.1, -0.05) is 95.2 Å². The quantitative estimate of drug-likeness (QED) is 0.0894.